The summed E-state index contributed by atoms with van der Waals surface area (Å²) in [5.41, 5.74) is 3.71. The van der Waals surface area contributed by atoms with E-state index in [4.69, 9.17) is 0 Å². The molecule has 0 bridgehead atoms. The molecule has 0 aromatic heterocycles. The van der Waals surface area contributed by atoms with Crippen LogP contribution in [0.3, 0.4) is 0 Å². The molecule has 0 spiro atoms. The Morgan fingerprint density at radius 2 is 1.87 bits per heavy atom. The molecule has 3 saturated heterocycles. The number of fused-ring (bicyclic) bond motifs is 2. The van der Waals surface area contributed by atoms with Gasteiger partial charge in [-0.3, -0.25) is 10.1 Å². The maximum atomic E-state index is 12.2. The van der Waals surface area contributed by atoms with Gasteiger partial charge in [0.1, 0.15) is 0 Å². The fourth-order valence-electron chi connectivity index (χ4n) is 7.36. The second kappa shape index (κ2) is 9.02. The van der Waals surface area contributed by atoms with E-state index < -0.39 is 0 Å². The van der Waals surface area contributed by atoms with Crippen LogP contribution in [0.5, 0.6) is 0 Å². The summed E-state index contributed by atoms with van der Waals surface area (Å²) < 4.78 is 0. The Balaban J connectivity index is 1.18. The van der Waals surface area contributed by atoms with Gasteiger partial charge in [-0.15, -0.1) is 0 Å². The lowest BCUT2D eigenvalue weighted by Crippen LogP contribution is -2.61. The minimum atomic E-state index is 0.263. The van der Waals surface area contributed by atoms with Gasteiger partial charge in [-0.2, -0.15) is 0 Å². The number of carbonyl (C=O) groups excluding carboxylic acids is 1. The Labute approximate surface area is 182 Å². The number of rotatable bonds is 4. The lowest BCUT2D eigenvalue weighted by molar-refractivity contribution is -0.131. The molecule has 4 N–H and O–H groups in total. The maximum Gasteiger partial charge on any atom is 0.219 e. The summed E-state index contributed by atoms with van der Waals surface area (Å²) in [6.45, 7) is 3.77. The standard InChI is InChI=1S/C23H42N6O/c1-15(30)29-13-11-16-6-5-8-19(22(16)29)25-17-10-12-24-21(14-17)26-23-18-7-3-4-9-20(18)28(2)27-23/h16-27H,3-14H2,1-2H3. The van der Waals surface area contributed by atoms with Crippen LogP contribution in [-0.2, 0) is 4.79 Å². The highest BCUT2D eigenvalue weighted by Gasteiger charge is 2.44. The highest BCUT2D eigenvalue weighted by atomic mass is 16.2. The van der Waals surface area contributed by atoms with Crippen molar-refractivity contribution in [3.8, 4) is 0 Å². The minimum Gasteiger partial charge on any atom is -0.338 e. The highest BCUT2D eigenvalue weighted by molar-refractivity contribution is 5.74. The topological polar surface area (TPSA) is 71.7 Å². The third kappa shape index (κ3) is 4.16. The molecule has 170 valence electrons. The predicted molar refractivity (Wildman–Crippen MR) is 118 cm³/mol. The second-order valence-corrected chi connectivity index (χ2v) is 10.6. The number of hydrazine groups is 1. The van der Waals surface area contributed by atoms with Crippen molar-refractivity contribution in [2.75, 3.05) is 20.1 Å². The van der Waals surface area contributed by atoms with Crippen LogP contribution in [0, 0.1) is 11.8 Å². The Bertz CT molecular complexity index is 617. The number of likely N-dealkylation sites (tertiary alicyclic amines) is 1. The third-order valence-electron chi connectivity index (χ3n) is 8.77. The van der Waals surface area contributed by atoms with Gasteiger partial charge in [0, 0.05) is 50.6 Å². The Hall–Kier alpha value is -0.730. The van der Waals surface area contributed by atoms with Gasteiger partial charge < -0.3 is 15.5 Å². The average Bonchev–Trinajstić information content (AvgIpc) is 3.31. The summed E-state index contributed by atoms with van der Waals surface area (Å²) in [6.07, 6.45) is 13.4. The molecular weight excluding hydrogens is 376 g/mol. The molecule has 30 heavy (non-hydrogen) atoms. The second-order valence-electron chi connectivity index (χ2n) is 10.6. The van der Waals surface area contributed by atoms with Crippen LogP contribution in [0.1, 0.15) is 71.1 Å². The molecule has 7 nitrogen and oxygen atoms in total. The van der Waals surface area contributed by atoms with Crippen LogP contribution in [0.4, 0.5) is 0 Å². The van der Waals surface area contributed by atoms with Gasteiger partial charge in [0.15, 0.2) is 0 Å². The number of hydrogen-bond donors (Lipinski definition) is 4. The first-order chi connectivity index (χ1) is 14.6. The van der Waals surface area contributed by atoms with Gasteiger partial charge in [-0.05, 0) is 57.4 Å². The van der Waals surface area contributed by atoms with E-state index >= 15 is 0 Å². The zero-order valence-corrected chi connectivity index (χ0v) is 18.9. The molecule has 3 aliphatic heterocycles. The van der Waals surface area contributed by atoms with Crippen molar-refractivity contribution in [2.24, 2.45) is 11.8 Å². The quantitative estimate of drug-likeness (QED) is 0.553. The predicted octanol–water partition coefficient (Wildman–Crippen LogP) is 1.37. The van der Waals surface area contributed by atoms with Gasteiger partial charge in [0.2, 0.25) is 5.91 Å². The average molecular weight is 419 g/mol. The van der Waals surface area contributed by atoms with E-state index in [2.05, 4.69) is 38.3 Å². The number of carbonyl (C=O) groups is 1. The highest BCUT2D eigenvalue weighted by Crippen LogP contribution is 2.37. The van der Waals surface area contributed by atoms with Crippen LogP contribution >= 0.6 is 0 Å². The molecule has 0 radical (unpaired) electrons. The van der Waals surface area contributed by atoms with E-state index in [0.717, 1.165) is 25.4 Å². The van der Waals surface area contributed by atoms with Gasteiger partial charge >= 0.3 is 0 Å². The van der Waals surface area contributed by atoms with Crippen LogP contribution in [0.2, 0.25) is 0 Å². The number of nitrogens with zero attached hydrogens (tertiary/aromatic N) is 2. The van der Waals surface area contributed by atoms with Crippen molar-refractivity contribution in [3.05, 3.63) is 0 Å². The Kier molecular flexibility index (Phi) is 6.36. The Morgan fingerprint density at radius 3 is 2.73 bits per heavy atom. The first kappa shape index (κ1) is 21.1. The summed E-state index contributed by atoms with van der Waals surface area (Å²) in [4.78, 5) is 14.4. The smallest absolute Gasteiger partial charge is 0.219 e. The zero-order valence-electron chi connectivity index (χ0n) is 18.9. The van der Waals surface area contributed by atoms with Crippen molar-refractivity contribution in [1.82, 2.24) is 31.3 Å². The molecule has 5 aliphatic rings. The summed E-state index contributed by atoms with van der Waals surface area (Å²) in [5, 5.41) is 14.0. The first-order valence-corrected chi connectivity index (χ1v) is 12.6. The third-order valence-corrected chi connectivity index (χ3v) is 8.77. The molecule has 5 rings (SSSR count). The summed E-state index contributed by atoms with van der Waals surface area (Å²) in [5.74, 6) is 1.69. The summed E-state index contributed by atoms with van der Waals surface area (Å²) in [7, 11) is 2.21. The van der Waals surface area contributed by atoms with Crippen molar-refractivity contribution in [1.29, 1.82) is 0 Å². The molecule has 5 fully saturated rings. The molecular formula is C23H42N6O. The van der Waals surface area contributed by atoms with Crippen LogP contribution in [-0.4, -0.2) is 72.5 Å². The van der Waals surface area contributed by atoms with Crippen molar-refractivity contribution >= 4 is 5.91 Å². The van der Waals surface area contributed by atoms with E-state index in [0.29, 0.717) is 42.4 Å². The van der Waals surface area contributed by atoms with E-state index in [1.165, 1.54) is 57.8 Å². The Morgan fingerprint density at radius 1 is 1.00 bits per heavy atom. The number of hydrogen-bond acceptors (Lipinski definition) is 6. The van der Waals surface area contributed by atoms with E-state index in [1.807, 2.05) is 0 Å². The van der Waals surface area contributed by atoms with Gasteiger partial charge in [-0.1, -0.05) is 19.3 Å². The van der Waals surface area contributed by atoms with Crippen LogP contribution in [0.25, 0.3) is 0 Å². The van der Waals surface area contributed by atoms with Crippen LogP contribution < -0.4 is 21.4 Å². The van der Waals surface area contributed by atoms with Crippen molar-refractivity contribution < 1.29 is 4.79 Å². The van der Waals surface area contributed by atoms with Gasteiger partial charge in [0.05, 0.1) is 12.3 Å². The fraction of sp³-hybridized carbons (Fsp3) is 0.957. The van der Waals surface area contributed by atoms with Gasteiger partial charge in [-0.25, -0.2) is 10.4 Å². The minimum absolute atomic E-state index is 0.263. The van der Waals surface area contributed by atoms with Crippen LogP contribution in [0.15, 0.2) is 0 Å². The number of amides is 1. The van der Waals surface area contributed by atoms with Gasteiger partial charge in [0.25, 0.3) is 0 Å². The largest absolute Gasteiger partial charge is 0.338 e. The summed E-state index contributed by atoms with van der Waals surface area (Å²) in [6, 6.07) is 2.11. The lowest BCUT2D eigenvalue weighted by Gasteiger charge is -2.42. The van der Waals surface area contributed by atoms with Crippen molar-refractivity contribution in [2.45, 2.75) is 108 Å². The lowest BCUT2D eigenvalue weighted by atomic mass is 9.80. The molecule has 8 atom stereocenters. The number of piperidine rings is 1. The molecule has 3 heterocycles. The van der Waals surface area contributed by atoms with E-state index in [9.17, 15) is 4.79 Å². The molecule has 2 aliphatic carbocycles. The monoisotopic (exact) mass is 418 g/mol. The molecule has 7 heteroatoms. The normalized spacial score (nSPS) is 44.7. The summed E-state index contributed by atoms with van der Waals surface area (Å²) >= 11 is 0. The molecule has 1 amide bonds. The van der Waals surface area contributed by atoms with E-state index in [-0.39, 0.29) is 5.91 Å². The molecule has 8 unspecified atom stereocenters. The SMILES string of the molecule is CC(=O)N1CCC2CCCC(NC3CCNC(NC4NN(C)C5CCCCC45)C3)C21. The molecule has 2 saturated carbocycles. The van der Waals surface area contributed by atoms with Crippen molar-refractivity contribution in [3.63, 3.8) is 0 Å². The zero-order chi connectivity index (χ0) is 20.7. The fourth-order valence-corrected chi connectivity index (χ4v) is 7.36. The number of nitrogens with one attached hydrogen (secondary N) is 4. The molecule has 0 aromatic rings. The van der Waals surface area contributed by atoms with E-state index in [1.54, 1.807) is 6.92 Å². The first-order valence-electron chi connectivity index (χ1n) is 12.6. The maximum absolute atomic E-state index is 12.2. The molecule has 0 aromatic carbocycles.